The van der Waals surface area contributed by atoms with Crippen LogP contribution in [0.15, 0.2) is 24.3 Å². The van der Waals surface area contributed by atoms with Gasteiger partial charge in [-0.25, -0.2) is 0 Å². The maximum absolute atomic E-state index is 13.2. The van der Waals surface area contributed by atoms with E-state index in [2.05, 4.69) is 48.7 Å². The van der Waals surface area contributed by atoms with Gasteiger partial charge in [-0.1, -0.05) is 49.6 Å². The summed E-state index contributed by atoms with van der Waals surface area (Å²) in [5.74, 6) is 0.767. The van der Waals surface area contributed by atoms with Crippen LogP contribution in [-0.4, -0.2) is 25.0 Å². The molecule has 2 atom stereocenters. The standard InChI is InChI=1S/C19H28N2O.ClH/c1-14-6-5-7-16(12-14)19(9-3-4-10-19)18(22)21-17-8-11-20-13-15(17)2;/h5-7,12,15,17,20H,3-4,8-11,13H2,1-2H3,(H,21,22);1H. The van der Waals surface area contributed by atoms with Crippen molar-refractivity contribution in [2.75, 3.05) is 13.1 Å². The Labute approximate surface area is 146 Å². The number of hydrogen-bond acceptors (Lipinski definition) is 2. The SMILES string of the molecule is Cc1cccc(C2(C(=O)NC3CCNCC3C)CCCC2)c1.Cl. The molecule has 2 unspecified atom stereocenters. The first-order valence-electron chi connectivity index (χ1n) is 8.71. The molecule has 0 radical (unpaired) electrons. The van der Waals surface area contributed by atoms with Crippen LogP contribution >= 0.6 is 12.4 Å². The summed E-state index contributed by atoms with van der Waals surface area (Å²) < 4.78 is 0. The number of carbonyl (C=O) groups excluding carboxylic acids is 1. The molecule has 2 fully saturated rings. The topological polar surface area (TPSA) is 41.1 Å². The summed E-state index contributed by atoms with van der Waals surface area (Å²) in [6, 6.07) is 8.86. The number of hydrogen-bond donors (Lipinski definition) is 2. The lowest BCUT2D eigenvalue weighted by Crippen LogP contribution is -2.53. The van der Waals surface area contributed by atoms with E-state index in [-0.39, 0.29) is 23.7 Å². The van der Waals surface area contributed by atoms with Gasteiger partial charge in [0, 0.05) is 6.04 Å². The number of aryl methyl sites for hydroxylation is 1. The Morgan fingerprint density at radius 1 is 1.30 bits per heavy atom. The van der Waals surface area contributed by atoms with E-state index in [1.165, 1.54) is 11.1 Å². The predicted molar refractivity (Wildman–Crippen MR) is 97.2 cm³/mol. The highest BCUT2D eigenvalue weighted by molar-refractivity contribution is 5.89. The van der Waals surface area contributed by atoms with E-state index in [4.69, 9.17) is 0 Å². The lowest BCUT2D eigenvalue weighted by atomic mass is 9.77. The van der Waals surface area contributed by atoms with E-state index in [0.29, 0.717) is 12.0 Å². The second-order valence-corrected chi connectivity index (χ2v) is 7.21. The Bertz CT molecular complexity index is 540. The zero-order valence-corrected chi connectivity index (χ0v) is 15.0. The van der Waals surface area contributed by atoms with E-state index >= 15 is 0 Å². The minimum Gasteiger partial charge on any atom is -0.352 e. The third kappa shape index (κ3) is 3.72. The number of halogens is 1. The Balaban J connectivity index is 0.00000192. The molecule has 1 amide bonds. The number of piperidine rings is 1. The van der Waals surface area contributed by atoms with Gasteiger partial charge >= 0.3 is 0 Å². The van der Waals surface area contributed by atoms with Gasteiger partial charge in [0.05, 0.1) is 5.41 Å². The van der Waals surface area contributed by atoms with Gasteiger partial charge in [0.2, 0.25) is 5.91 Å². The molecule has 0 aromatic heterocycles. The summed E-state index contributed by atoms with van der Waals surface area (Å²) in [5, 5.41) is 6.80. The molecule has 1 saturated heterocycles. The number of carbonyl (C=O) groups is 1. The fourth-order valence-electron chi connectivity index (χ4n) is 4.10. The quantitative estimate of drug-likeness (QED) is 0.888. The van der Waals surface area contributed by atoms with Crippen LogP contribution in [-0.2, 0) is 10.2 Å². The molecule has 2 aliphatic rings. The zero-order valence-electron chi connectivity index (χ0n) is 14.2. The summed E-state index contributed by atoms with van der Waals surface area (Å²) in [7, 11) is 0. The first-order chi connectivity index (χ1) is 10.6. The molecule has 3 nitrogen and oxygen atoms in total. The van der Waals surface area contributed by atoms with E-state index in [1.807, 2.05) is 0 Å². The van der Waals surface area contributed by atoms with Gasteiger partial charge in [0.15, 0.2) is 0 Å². The van der Waals surface area contributed by atoms with Gasteiger partial charge < -0.3 is 10.6 Å². The predicted octanol–water partition coefficient (Wildman–Crippen LogP) is 3.34. The summed E-state index contributed by atoms with van der Waals surface area (Å²) in [6.07, 6.45) is 5.33. The average Bonchev–Trinajstić information content (AvgIpc) is 3.00. The molecule has 128 valence electrons. The molecule has 1 aromatic carbocycles. The highest BCUT2D eigenvalue weighted by Gasteiger charge is 2.43. The third-order valence-corrected chi connectivity index (χ3v) is 5.56. The van der Waals surface area contributed by atoms with Gasteiger partial charge in [-0.05, 0) is 50.8 Å². The Hall–Kier alpha value is -1.06. The van der Waals surface area contributed by atoms with Crippen molar-refractivity contribution in [3.63, 3.8) is 0 Å². The fraction of sp³-hybridized carbons (Fsp3) is 0.632. The van der Waals surface area contributed by atoms with Gasteiger partial charge in [0.25, 0.3) is 0 Å². The molecule has 23 heavy (non-hydrogen) atoms. The molecule has 0 bridgehead atoms. The maximum atomic E-state index is 13.2. The van der Waals surface area contributed by atoms with E-state index in [9.17, 15) is 4.79 Å². The molecule has 0 spiro atoms. The highest BCUT2D eigenvalue weighted by atomic mass is 35.5. The number of amides is 1. The van der Waals surface area contributed by atoms with E-state index in [0.717, 1.165) is 45.2 Å². The molecule has 1 saturated carbocycles. The van der Waals surface area contributed by atoms with E-state index in [1.54, 1.807) is 0 Å². The van der Waals surface area contributed by atoms with E-state index < -0.39 is 0 Å². The maximum Gasteiger partial charge on any atom is 0.230 e. The van der Waals surface area contributed by atoms with Crippen molar-refractivity contribution in [3.8, 4) is 0 Å². The minimum atomic E-state index is -0.295. The van der Waals surface area contributed by atoms with Crippen molar-refractivity contribution >= 4 is 18.3 Å². The Morgan fingerprint density at radius 3 is 2.70 bits per heavy atom. The van der Waals surface area contributed by atoms with Gasteiger partial charge in [-0.2, -0.15) is 0 Å². The van der Waals surface area contributed by atoms with Gasteiger partial charge in [-0.15, -0.1) is 12.4 Å². The van der Waals surface area contributed by atoms with Crippen LogP contribution < -0.4 is 10.6 Å². The van der Waals surface area contributed by atoms with Crippen LogP contribution in [0.25, 0.3) is 0 Å². The smallest absolute Gasteiger partial charge is 0.230 e. The van der Waals surface area contributed by atoms with Crippen LogP contribution in [0.5, 0.6) is 0 Å². The minimum absolute atomic E-state index is 0. The van der Waals surface area contributed by atoms with Crippen molar-refractivity contribution in [2.45, 2.75) is 57.4 Å². The van der Waals surface area contributed by atoms with Crippen LogP contribution in [0.1, 0.15) is 50.2 Å². The van der Waals surface area contributed by atoms with Crippen LogP contribution in [0.3, 0.4) is 0 Å². The Morgan fingerprint density at radius 2 is 2.04 bits per heavy atom. The number of rotatable bonds is 3. The molecule has 4 heteroatoms. The molecule has 1 aromatic rings. The van der Waals surface area contributed by atoms with Crippen molar-refractivity contribution in [1.29, 1.82) is 0 Å². The molecule has 1 aliphatic heterocycles. The lowest BCUT2D eigenvalue weighted by molar-refractivity contribution is -0.127. The monoisotopic (exact) mass is 336 g/mol. The van der Waals surface area contributed by atoms with Gasteiger partial charge in [0.1, 0.15) is 0 Å². The van der Waals surface area contributed by atoms with Crippen molar-refractivity contribution in [1.82, 2.24) is 10.6 Å². The second-order valence-electron chi connectivity index (χ2n) is 7.21. The second kappa shape index (κ2) is 7.67. The van der Waals surface area contributed by atoms with Crippen molar-refractivity contribution < 1.29 is 4.79 Å². The third-order valence-electron chi connectivity index (χ3n) is 5.56. The summed E-state index contributed by atoms with van der Waals surface area (Å²) in [6.45, 7) is 6.35. The van der Waals surface area contributed by atoms with Crippen LogP contribution in [0.2, 0.25) is 0 Å². The van der Waals surface area contributed by atoms with Crippen LogP contribution in [0.4, 0.5) is 0 Å². The van der Waals surface area contributed by atoms with Gasteiger partial charge in [-0.3, -0.25) is 4.79 Å². The number of nitrogens with one attached hydrogen (secondary N) is 2. The van der Waals surface area contributed by atoms with Crippen molar-refractivity contribution in [3.05, 3.63) is 35.4 Å². The highest BCUT2D eigenvalue weighted by Crippen LogP contribution is 2.41. The molecule has 3 rings (SSSR count). The first kappa shape index (κ1) is 18.3. The molecule has 2 N–H and O–H groups in total. The summed E-state index contributed by atoms with van der Waals surface area (Å²) in [4.78, 5) is 13.2. The lowest BCUT2D eigenvalue weighted by Gasteiger charge is -2.35. The average molecular weight is 337 g/mol. The van der Waals surface area contributed by atoms with Crippen molar-refractivity contribution in [2.24, 2.45) is 5.92 Å². The summed E-state index contributed by atoms with van der Waals surface area (Å²) in [5.41, 5.74) is 2.16. The molecular weight excluding hydrogens is 308 g/mol. The largest absolute Gasteiger partial charge is 0.352 e. The summed E-state index contributed by atoms with van der Waals surface area (Å²) >= 11 is 0. The molecule has 1 heterocycles. The first-order valence-corrected chi connectivity index (χ1v) is 8.71. The fourth-order valence-corrected chi connectivity index (χ4v) is 4.10. The molecule has 1 aliphatic carbocycles. The normalized spacial score (nSPS) is 26.3. The molecular formula is C19H29ClN2O. The Kier molecular flexibility index (Phi) is 6.10. The van der Waals surface area contributed by atoms with Crippen LogP contribution in [0, 0.1) is 12.8 Å². The number of benzene rings is 1. The zero-order chi connectivity index (χ0) is 15.6.